The van der Waals surface area contributed by atoms with Gasteiger partial charge in [-0.1, -0.05) is 6.92 Å². The van der Waals surface area contributed by atoms with Gasteiger partial charge in [-0.25, -0.2) is 4.98 Å². The minimum absolute atomic E-state index is 0.411. The fourth-order valence-electron chi connectivity index (χ4n) is 2.16. The van der Waals surface area contributed by atoms with Gasteiger partial charge in [0.25, 0.3) is 0 Å². The van der Waals surface area contributed by atoms with Crippen molar-refractivity contribution in [2.45, 2.75) is 45.1 Å². The van der Waals surface area contributed by atoms with Crippen LogP contribution in [0.2, 0.25) is 0 Å². The van der Waals surface area contributed by atoms with Gasteiger partial charge in [-0.3, -0.25) is 5.10 Å². The molecule has 4 heteroatoms. The lowest BCUT2D eigenvalue weighted by atomic mass is 10.0. The summed E-state index contributed by atoms with van der Waals surface area (Å²) in [7, 11) is 0. The van der Waals surface area contributed by atoms with Crippen LogP contribution in [0.4, 0.5) is 0 Å². The summed E-state index contributed by atoms with van der Waals surface area (Å²) in [6.45, 7) is 2.07. The Bertz CT molecular complexity index is 294. The number of hydrogen-bond donors (Lipinski definition) is 2. The maximum Gasteiger partial charge on any atom is 0.150 e. The van der Waals surface area contributed by atoms with Crippen molar-refractivity contribution in [3.05, 3.63) is 11.6 Å². The molecule has 1 aliphatic carbocycles. The molecule has 2 unspecified atom stereocenters. The third kappa shape index (κ3) is 2.12. The third-order valence-corrected chi connectivity index (χ3v) is 2.96. The fourth-order valence-corrected chi connectivity index (χ4v) is 2.16. The molecular formula is C10H18N4. The number of H-pyrrole nitrogens is 1. The van der Waals surface area contributed by atoms with Crippen molar-refractivity contribution >= 4 is 0 Å². The first-order valence-corrected chi connectivity index (χ1v) is 5.43. The summed E-state index contributed by atoms with van der Waals surface area (Å²) in [5.41, 5.74) is 5.86. The number of nitrogens with zero attached hydrogens (tertiary/aromatic N) is 2. The van der Waals surface area contributed by atoms with Crippen molar-refractivity contribution in [2.75, 3.05) is 0 Å². The number of aromatic nitrogens is 3. The largest absolute Gasteiger partial charge is 0.328 e. The molecule has 0 aromatic carbocycles. The molecule has 1 fully saturated rings. The summed E-state index contributed by atoms with van der Waals surface area (Å²) in [6, 6.07) is 0.411. The highest BCUT2D eigenvalue weighted by molar-refractivity contribution is 4.93. The zero-order valence-corrected chi connectivity index (χ0v) is 8.66. The van der Waals surface area contributed by atoms with Gasteiger partial charge in [-0.2, -0.15) is 5.10 Å². The van der Waals surface area contributed by atoms with Crippen LogP contribution < -0.4 is 5.73 Å². The Balaban J connectivity index is 1.90. The predicted octanol–water partition coefficient (Wildman–Crippen LogP) is 1.04. The van der Waals surface area contributed by atoms with Crippen molar-refractivity contribution in [3.63, 3.8) is 0 Å². The molecule has 3 N–H and O–H groups in total. The molecule has 0 aliphatic heterocycles. The van der Waals surface area contributed by atoms with Gasteiger partial charge in [0.2, 0.25) is 0 Å². The second-order valence-corrected chi connectivity index (χ2v) is 4.20. The van der Waals surface area contributed by atoms with E-state index in [0.717, 1.165) is 30.9 Å². The normalized spacial score (nSPS) is 27.0. The minimum atomic E-state index is 0.411. The van der Waals surface area contributed by atoms with E-state index in [1.165, 1.54) is 12.8 Å². The summed E-state index contributed by atoms with van der Waals surface area (Å²) < 4.78 is 0. The van der Waals surface area contributed by atoms with E-state index in [0.29, 0.717) is 12.0 Å². The Morgan fingerprint density at radius 3 is 2.93 bits per heavy atom. The van der Waals surface area contributed by atoms with E-state index in [1.807, 2.05) is 0 Å². The maximum absolute atomic E-state index is 5.86. The first-order chi connectivity index (χ1) is 6.78. The third-order valence-electron chi connectivity index (χ3n) is 2.96. The summed E-state index contributed by atoms with van der Waals surface area (Å²) >= 11 is 0. The molecular weight excluding hydrogens is 176 g/mol. The average Bonchev–Trinajstić information content (AvgIpc) is 2.76. The fraction of sp³-hybridized carbons (Fsp3) is 0.800. The van der Waals surface area contributed by atoms with Crippen molar-refractivity contribution < 1.29 is 0 Å². The molecule has 78 valence electrons. The predicted molar refractivity (Wildman–Crippen MR) is 54.8 cm³/mol. The number of hydrogen-bond acceptors (Lipinski definition) is 3. The highest BCUT2D eigenvalue weighted by Gasteiger charge is 2.22. The zero-order chi connectivity index (χ0) is 9.97. The number of nitrogens with one attached hydrogen (secondary N) is 1. The highest BCUT2D eigenvalue weighted by Crippen LogP contribution is 2.26. The van der Waals surface area contributed by atoms with Crippen LogP contribution in [0, 0.1) is 5.92 Å². The molecule has 0 spiro atoms. The van der Waals surface area contributed by atoms with Crippen LogP contribution in [-0.4, -0.2) is 21.2 Å². The lowest BCUT2D eigenvalue weighted by molar-refractivity contribution is 0.521. The van der Waals surface area contributed by atoms with Crippen LogP contribution in [0.25, 0.3) is 0 Å². The van der Waals surface area contributed by atoms with E-state index in [-0.39, 0.29) is 0 Å². The summed E-state index contributed by atoms with van der Waals surface area (Å²) in [4.78, 5) is 4.41. The van der Waals surface area contributed by atoms with Gasteiger partial charge < -0.3 is 5.73 Å². The van der Waals surface area contributed by atoms with Gasteiger partial charge in [0.1, 0.15) is 11.6 Å². The topological polar surface area (TPSA) is 67.6 Å². The summed E-state index contributed by atoms with van der Waals surface area (Å²) in [6.07, 6.45) is 5.46. The standard InChI is InChI=1S/C10H18N4/c1-2-9-12-10(14-13-9)6-7-3-4-8(11)5-7/h7-8H,2-6,11H2,1H3,(H,12,13,14). The highest BCUT2D eigenvalue weighted by atomic mass is 15.2. The molecule has 1 aromatic heterocycles. The Hall–Kier alpha value is -0.900. The second-order valence-electron chi connectivity index (χ2n) is 4.20. The van der Waals surface area contributed by atoms with E-state index in [1.54, 1.807) is 0 Å². The molecule has 0 saturated heterocycles. The number of rotatable bonds is 3. The minimum Gasteiger partial charge on any atom is -0.328 e. The van der Waals surface area contributed by atoms with Crippen LogP contribution in [0.15, 0.2) is 0 Å². The molecule has 0 bridgehead atoms. The molecule has 4 nitrogen and oxygen atoms in total. The smallest absolute Gasteiger partial charge is 0.150 e. The van der Waals surface area contributed by atoms with Crippen molar-refractivity contribution in [1.82, 2.24) is 15.2 Å². The summed E-state index contributed by atoms with van der Waals surface area (Å²) in [5.74, 6) is 2.66. The van der Waals surface area contributed by atoms with Gasteiger partial charge in [-0.15, -0.1) is 0 Å². The van der Waals surface area contributed by atoms with E-state index in [2.05, 4.69) is 22.1 Å². The molecule has 2 rings (SSSR count). The molecule has 0 radical (unpaired) electrons. The monoisotopic (exact) mass is 194 g/mol. The van der Waals surface area contributed by atoms with Gasteiger partial charge in [0.05, 0.1) is 0 Å². The van der Waals surface area contributed by atoms with Crippen molar-refractivity contribution in [2.24, 2.45) is 11.7 Å². The number of aromatic amines is 1. The molecule has 1 aliphatic rings. The lowest BCUT2D eigenvalue weighted by Gasteiger charge is -2.05. The molecule has 1 aromatic rings. The van der Waals surface area contributed by atoms with Crippen LogP contribution in [0.5, 0.6) is 0 Å². The zero-order valence-electron chi connectivity index (χ0n) is 8.66. The quantitative estimate of drug-likeness (QED) is 0.755. The lowest BCUT2D eigenvalue weighted by Crippen LogP contribution is -2.15. The van der Waals surface area contributed by atoms with Gasteiger partial charge >= 0.3 is 0 Å². The van der Waals surface area contributed by atoms with Crippen molar-refractivity contribution in [1.29, 1.82) is 0 Å². The van der Waals surface area contributed by atoms with E-state index in [4.69, 9.17) is 5.73 Å². The van der Waals surface area contributed by atoms with Gasteiger partial charge in [-0.05, 0) is 25.2 Å². The SMILES string of the molecule is CCc1n[nH]c(CC2CCC(N)C2)n1. The number of nitrogens with two attached hydrogens (primary N) is 1. The first kappa shape index (κ1) is 9.65. The maximum atomic E-state index is 5.86. The number of aryl methyl sites for hydroxylation is 1. The molecule has 0 amide bonds. The van der Waals surface area contributed by atoms with Crippen molar-refractivity contribution in [3.8, 4) is 0 Å². The van der Waals surface area contributed by atoms with Gasteiger partial charge in [0, 0.05) is 18.9 Å². The molecule has 1 heterocycles. The van der Waals surface area contributed by atoms with E-state index < -0.39 is 0 Å². The molecule has 2 atom stereocenters. The van der Waals surface area contributed by atoms with Crippen LogP contribution in [0.1, 0.15) is 37.8 Å². The Morgan fingerprint density at radius 1 is 1.50 bits per heavy atom. The Labute approximate surface area is 84.3 Å². The summed E-state index contributed by atoms with van der Waals surface area (Å²) in [5, 5.41) is 7.12. The first-order valence-electron chi connectivity index (χ1n) is 5.43. The molecule has 14 heavy (non-hydrogen) atoms. The van der Waals surface area contributed by atoms with Crippen LogP contribution in [-0.2, 0) is 12.8 Å². The Kier molecular flexibility index (Phi) is 2.82. The van der Waals surface area contributed by atoms with Crippen LogP contribution >= 0.6 is 0 Å². The average molecular weight is 194 g/mol. The van der Waals surface area contributed by atoms with Crippen LogP contribution in [0.3, 0.4) is 0 Å². The van der Waals surface area contributed by atoms with E-state index >= 15 is 0 Å². The van der Waals surface area contributed by atoms with Gasteiger partial charge in [0.15, 0.2) is 0 Å². The second kappa shape index (κ2) is 4.09. The van der Waals surface area contributed by atoms with E-state index in [9.17, 15) is 0 Å². The Morgan fingerprint density at radius 2 is 2.36 bits per heavy atom. The molecule has 1 saturated carbocycles.